The van der Waals surface area contributed by atoms with Gasteiger partial charge < -0.3 is 10.6 Å². The van der Waals surface area contributed by atoms with Crippen LogP contribution < -0.4 is 5.73 Å². The van der Waals surface area contributed by atoms with Gasteiger partial charge in [-0.3, -0.25) is 4.79 Å². The molecule has 1 heterocycles. The SMILES string of the molecule is CC(=O)N1CCN(S(=O)c2ccc(N)cc2)CC1. The second kappa shape index (κ2) is 5.49. The summed E-state index contributed by atoms with van der Waals surface area (Å²) in [5, 5.41) is 0. The third kappa shape index (κ3) is 2.88. The molecule has 1 saturated heterocycles. The molecular weight excluding hydrogens is 250 g/mol. The van der Waals surface area contributed by atoms with Crippen molar-refractivity contribution in [2.75, 3.05) is 31.9 Å². The van der Waals surface area contributed by atoms with Crippen molar-refractivity contribution in [3.8, 4) is 0 Å². The van der Waals surface area contributed by atoms with Crippen molar-refractivity contribution in [2.24, 2.45) is 0 Å². The van der Waals surface area contributed by atoms with Crippen molar-refractivity contribution in [1.82, 2.24) is 9.21 Å². The van der Waals surface area contributed by atoms with Crippen LogP contribution in [0.3, 0.4) is 0 Å². The van der Waals surface area contributed by atoms with Gasteiger partial charge in [-0.25, -0.2) is 8.51 Å². The summed E-state index contributed by atoms with van der Waals surface area (Å²) in [7, 11) is -1.17. The van der Waals surface area contributed by atoms with E-state index in [1.54, 1.807) is 36.1 Å². The first-order valence-electron chi connectivity index (χ1n) is 5.86. The van der Waals surface area contributed by atoms with E-state index < -0.39 is 11.0 Å². The average molecular weight is 267 g/mol. The Morgan fingerprint density at radius 2 is 1.72 bits per heavy atom. The Labute approximate surface area is 109 Å². The van der Waals surface area contributed by atoms with E-state index in [9.17, 15) is 9.00 Å². The standard InChI is InChI=1S/C12H17N3O2S/c1-10(16)14-6-8-15(9-7-14)18(17)12-4-2-11(13)3-5-12/h2-5H,6-9,13H2,1H3. The first-order chi connectivity index (χ1) is 8.58. The molecule has 0 spiro atoms. The molecule has 1 fully saturated rings. The van der Waals surface area contributed by atoms with Crippen LogP contribution in [0.4, 0.5) is 5.69 Å². The molecule has 1 unspecified atom stereocenters. The second-order valence-corrected chi connectivity index (χ2v) is 5.74. The molecule has 98 valence electrons. The van der Waals surface area contributed by atoms with Gasteiger partial charge in [0.15, 0.2) is 0 Å². The number of rotatable bonds is 2. The fraction of sp³-hybridized carbons (Fsp3) is 0.417. The lowest BCUT2D eigenvalue weighted by atomic mass is 10.3. The van der Waals surface area contributed by atoms with E-state index >= 15 is 0 Å². The van der Waals surface area contributed by atoms with Crippen LogP contribution in [0.15, 0.2) is 29.2 Å². The second-order valence-electron chi connectivity index (χ2n) is 4.25. The molecule has 0 saturated carbocycles. The summed E-state index contributed by atoms with van der Waals surface area (Å²) in [5.41, 5.74) is 6.26. The van der Waals surface area contributed by atoms with Crippen molar-refractivity contribution in [2.45, 2.75) is 11.8 Å². The molecule has 1 atom stereocenters. The van der Waals surface area contributed by atoms with Crippen molar-refractivity contribution >= 4 is 22.6 Å². The zero-order chi connectivity index (χ0) is 13.1. The Bertz CT molecular complexity index is 453. The molecule has 0 radical (unpaired) electrons. The predicted octanol–water partition coefficient (Wildman–Crippen LogP) is 0.455. The molecule has 1 aliphatic heterocycles. The van der Waals surface area contributed by atoms with Gasteiger partial charge >= 0.3 is 0 Å². The van der Waals surface area contributed by atoms with Gasteiger partial charge in [0.1, 0.15) is 11.0 Å². The topological polar surface area (TPSA) is 66.6 Å². The number of hydrogen-bond acceptors (Lipinski definition) is 3. The summed E-state index contributed by atoms with van der Waals surface area (Å²) < 4.78 is 14.2. The van der Waals surface area contributed by atoms with Crippen LogP contribution in [0.5, 0.6) is 0 Å². The highest BCUT2D eigenvalue weighted by atomic mass is 32.2. The van der Waals surface area contributed by atoms with Gasteiger partial charge in [-0.05, 0) is 24.3 Å². The molecule has 1 aliphatic rings. The fourth-order valence-corrected chi connectivity index (χ4v) is 3.06. The van der Waals surface area contributed by atoms with Crippen molar-refractivity contribution in [1.29, 1.82) is 0 Å². The lowest BCUT2D eigenvalue weighted by Crippen LogP contribution is -2.48. The Morgan fingerprint density at radius 3 is 2.22 bits per heavy atom. The smallest absolute Gasteiger partial charge is 0.219 e. The molecule has 0 aromatic heterocycles. The van der Waals surface area contributed by atoms with E-state index in [-0.39, 0.29) is 5.91 Å². The van der Waals surface area contributed by atoms with E-state index in [2.05, 4.69) is 0 Å². The number of nitrogen functional groups attached to an aromatic ring is 1. The fourth-order valence-electron chi connectivity index (χ4n) is 1.90. The molecule has 0 aliphatic carbocycles. The maximum Gasteiger partial charge on any atom is 0.219 e. The number of benzene rings is 1. The quantitative estimate of drug-likeness (QED) is 0.791. The third-order valence-electron chi connectivity index (χ3n) is 3.00. The van der Waals surface area contributed by atoms with E-state index in [1.165, 1.54) is 0 Å². The third-order valence-corrected chi connectivity index (χ3v) is 4.51. The highest BCUT2D eigenvalue weighted by Gasteiger charge is 2.23. The molecular formula is C12H17N3O2S. The Hall–Kier alpha value is -1.40. The number of amides is 1. The van der Waals surface area contributed by atoms with Gasteiger partial charge in [0.2, 0.25) is 5.91 Å². The zero-order valence-corrected chi connectivity index (χ0v) is 11.2. The van der Waals surface area contributed by atoms with Crippen LogP contribution in [-0.4, -0.2) is 45.5 Å². The predicted molar refractivity (Wildman–Crippen MR) is 71.1 cm³/mol. The lowest BCUT2D eigenvalue weighted by molar-refractivity contribution is -0.129. The maximum absolute atomic E-state index is 12.3. The first kappa shape index (κ1) is 13.0. The number of carbonyl (C=O) groups is 1. The molecule has 2 rings (SSSR count). The van der Waals surface area contributed by atoms with Crippen LogP contribution in [0, 0.1) is 0 Å². The number of nitrogens with two attached hydrogens (primary N) is 1. The molecule has 0 bridgehead atoms. The highest BCUT2D eigenvalue weighted by Crippen LogP contribution is 2.15. The van der Waals surface area contributed by atoms with E-state index in [4.69, 9.17) is 5.73 Å². The molecule has 2 N–H and O–H groups in total. The molecule has 1 aromatic rings. The van der Waals surface area contributed by atoms with Crippen LogP contribution in [0.2, 0.25) is 0 Å². The van der Waals surface area contributed by atoms with Crippen LogP contribution in [0.25, 0.3) is 0 Å². The minimum atomic E-state index is -1.17. The van der Waals surface area contributed by atoms with Crippen molar-refractivity contribution in [3.63, 3.8) is 0 Å². The van der Waals surface area contributed by atoms with Crippen LogP contribution in [-0.2, 0) is 15.8 Å². The zero-order valence-electron chi connectivity index (χ0n) is 10.3. The number of hydrogen-bond donors (Lipinski definition) is 1. The number of nitrogens with zero attached hydrogens (tertiary/aromatic N) is 2. The Morgan fingerprint density at radius 1 is 1.17 bits per heavy atom. The summed E-state index contributed by atoms with van der Waals surface area (Å²) in [6.07, 6.45) is 0. The number of piperazine rings is 1. The van der Waals surface area contributed by atoms with Crippen molar-refractivity contribution < 1.29 is 9.00 Å². The minimum Gasteiger partial charge on any atom is -0.399 e. The summed E-state index contributed by atoms with van der Waals surface area (Å²) in [4.78, 5) is 13.7. The molecule has 1 amide bonds. The molecule has 6 heteroatoms. The van der Waals surface area contributed by atoms with Gasteiger partial charge in [0.25, 0.3) is 0 Å². The van der Waals surface area contributed by atoms with Crippen LogP contribution >= 0.6 is 0 Å². The van der Waals surface area contributed by atoms with E-state index in [1.807, 2.05) is 4.31 Å². The minimum absolute atomic E-state index is 0.0768. The van der Waals surface area contributed by atoms with Gasteiger partial charge in [-0.1, -0.05) is 0 Å². The molecule has 5 nitrogen and oxygen atoms in total. The molecule has 18 heavy (non-hydrogen) atoms. The monoisotopic (exact) mass is 267 g/mol. The summed E-state index contributed by atoms with van der Waals surface area (Å²) in [6.45, 7) is 4.10. The van der Waals surface area contributed by atoms with E-state index in [0.29, 0.717) is 31.9 Å². The largest absolute Gasteiger partial charge is 0.399 e. The Balaban J connectivity index is 1.99. The normalized spacial score (nSPS) is 18.6. The van der Waals surface area contributed by atoms with E-state index in [0.717, 1.165) is 4.90 Å². The Kier molecular flexibility index (Phi) is 3.98. The summed E-state index contributed by atoms with van der Waals surface area (Å²) in [6, 6.07) is 7.06. The van der Waals surface area contributed by atoms with Crippen LogP contribution in [0.1, 0.15) is 6.92 Å². The highest BCUT2D eigenvalue weighted by molar-refractivity contribution is 7.82. The van der Waals surface area contributed by atoms with Gasteiger partial charge in [-0.15, -0.1) is 0 Å². The number of anilines is 1. The summed E-state index contributed by atoms with van der Waals surface area (Å²) in [5.74, 6) is 0.0768. The molecule has 1 aromatic carbocycles. The average Bonchev–Trinajstić information content (AvgIpc) is 2.39. The maximum atomic E-state index is 12.3. The van der Waals surface area contributed by atoms with Crippen molar-refractivity contribution in [3.05, 3.63) is 24.3 Å². The lowest BCUT2D eigenvalue weighted by Gasteiger charge is -2.33. The number of carbonyl (C=O) groups excluding carboxylic acids is 1. The van der Waals surface area contributed by atoms with Gasteiger partial charge in [-0.2, -0.15) is 0 Å². The first-order valence-corrected chi connectivity index (χ1v) is 6.96. The van der Waals surface area contributed by atoms with Gasteiger partial charge in [0.05, 0.1) is 4.90 Å². The van der Waals surface area contributed by atoms with Gasteiger partial charge in [0, 0.05) is 38.8 Å². The summed E-state index contributed by atoms with van der Waals surface area (Å²) >= 11 is 0.